The molecule has 1 saturated carbocycles. The average Bonchev–Trinajstić information content (AvgIpc) is 3.38. The van der Waals surface area contributed by atoms with E-state index in [9.17, 15) is 14.4 Å². The molecular formula is C26H29ClN4O4. The van der Waals surface area contributed by atoms with Gasteiger partial charge >= 0.3 is 5.97 Å². The minimum absolute atomic E-state index is 0.0543. The molecule has 3 N–H and O–H groups in total. The second kappa shape index (κ2) is 12.7. The van der Waals surface area contributed by atoms with E-state index in [0.717, 1.165) is 18.5 Å². The van der Waals surface area contributed by atoms with E-state index < -0.39 is 11.9 Å². The smallest absolute Gasteiger partial charge is 0.362 e. The van der Waals surface area contributed by atoms with E-state index in [2.05, 4.69) is 9.97 Å². The van der Waals surface area contributed by atoms with Crippen LogP contribution in [0, 0.1) is 5.92 Å². The minimum Gasteiger partial charge on any atom is -0.422 e. The van der Waals surface area contributed by atoms with E-state index >= 15 is 0 Å². The van der Waals surface area contributed by atoms with E-state index in [4.69, 9.17) is 22.1 Å². The molecule has 0 unspecified atom stereocenters. The zero-order chi connectivity index (χ0) is 25.2. The summed E-state index contributed by atoms with van der Waals surface area (Å²) >= 11 is 6.19. The van der Waals surface area contributed by atoms with E-state index in [-0.39, 0.29) is 23.2 Å². The number of nitrogens with one attached hydrogen (secondary N) is 1. The molecule has 1 heterocycles. The number of hydrogen-bond donors (Lipinski definition) is 2. The number of nitrogens with two attached hydrogens (primary N) is 1. The largest absolute Gasteiger partial charge is 0.422 e. The number of carbonyl (C=O) groups excluding carboxylic acids is 3. The Morgan fingerprint density at radius 2 is 1.71 bits per heavy atom. The normalized spacial score (nSPS) is 13.3. The number of primary amides is 1. The molecule has 9 heteroatoms. The number of amides is 2. The second-order valence-electron chi connectivity index (χ2n) is 8.06. The number of nitrogens with zero attached hydrogens (tertiary/aromatic N) is 2. The van der Waals surface area contributed by atoms with Crippen LogP contribution in [0.25, 0.3) is 0 Å². The maximum Gasteiger partial charge on any atom is 0.362 e. The lowest BCUT2D eigenvalue weighted by Gasteiger charge is -2.29. The third kappa shape index (κ3) is 6.93. The molecular weight excluding hydrogens is 468 g/mol. The topological polar surface area (TPSA) is 118 Å². The predicted octanol–water partition coefficient (Wildman–Crippen LogP) is 5.00. The third-order valence-electron chi connectivity index (χ3n) is 5.71. The molecule has 35 heavy (non-hydrogen) atoms. The van der Waals surface area contributed by atoms with Crippen LogP contribution >= 0.6 is 11.6 Å². The molecule has 3 aromatic rings. The Kier molecular flexibility index (Phi) is 9.43. The van der Waals surface area contributed by atoms with Crippen molar-refractivity contribution in [2.45, 2.75) is 39.0 Å². The third-order valence-corrected chi connectivity index (χ3v) is 6.03. The van der Waals surface area contributed by atoms with Crippen LogP contribution in [0.3, 0.4) is 0 Å². The van der Waals surface area contributed by atoms with E-state index in [0.29, 0.717) is 17.3 Å². The van der Waals surface area contributed by atoms with Crippen LogP contribution in [0.15, 0.2) is 60.9 Å². The number of aromatic nitrogens is 2. The maximum absolute atomic E-state index is 12.5. The predicted molar refractivity (Wildman–Crippen MR) is 135 cm³/mol. The fraction of sp³-hybridized carbons (Fsp3) is 0.308. The van der Waals surface area contributed by atoms with Gasteiger partial charge in [0.05, 0.1) is 17.0 Å². The van der Waals surface area contributed by atoms with Gasteiger partial charge in [-0.1, -0.05) is 61.2 Å². The Labute approximate surface area is 209 Å². The Morgan fingerprint density at radius 3 is 2.34 bits per heavy atom. The molecule has 0 aliphatic heterocycles. The fourth-order valence-corrected chi connectivity index (χ4v) is 4.21. The van der Waals surface area contributed by atoms with Gasteiger partial charge in [-0.15, -0.1) is 0 Å². The number of esters is 1. The van der Waals surface area contributed by atoms with Gasteiger partial charge in [-0.3, -0.25) is 9.59 Å². The molecule has 1 aliphatic carbocycles. The summed E-state index contributed by atoms with van der Waals surface area (Å²) < 4.78 is 5.03. The number of H-pyrrole nitrogens is 1. The summed E-state index contributed by atoms with van der Waals surface area (Å²) in [5.74, 6) is -0.684. The van der Waals surface area contributed by atoms with Crippen molar-refractivity contribution in [1.82, 2.24) is 9.97 Å². The van der Waals surface area contributed by atoms with Crippen molar-refractivity contribution >= 4 is 35.1 Å². The summed E-state index contributed by atoms with van der Waals surface area (Å²) in [6.07, 6.45) is 6.89. The van der Waals surface area contributed by atoms with Crippen molar-refractivity contribution in [3.8, 4) is 5.75 Å². The lowest BCUT2D eigenvalue weighted by Crippen LogP contribution is -2.37. The van der Waals surface area contributed by atoms with E-state index in [1.165, 1.54) is 25.6 Å². The molecule has 8 nitrogen and oxygen atoms in total. The average molecular weight is 497 g/mol. The van der Waals surface area contributed by atoms with Crippen LogP contribution in [0.1, 0.15) is 60.0 Å². The van der Waals surface area contributed by atoms with E-state index in [1.54, 1.807) is 30.3 Å². The van der Waals surface area contributed by atoms with Gasteiger partial charge in [0.1, 0.15) is 5.75 Å². The monoisotopic (exact) mass is 496 g/mol. The SMILES string of the molecule is CCN(C(=O)C1CCCCC1)c1ccccc1Cl.NC(=O)c1nc[nH]c1C(=O)Oc1ccccc1. The first kappa shape index (κ1) is 26.0. The molecule has 4 rings (SSSR count). The van der Waals surface area contributed by atoms with Crippen LogP contribution in [-0.4, -0.2) is 34.3 Å². The molecule has 1 fully saturated rings. The molecule has 2 aromatic carbocycles. The number of halogens is 1. The van der Waals surface area contributed by atoms with Gasteiger partial charge in [0, 0.05) is 12.5 Å². The fourth-order valence-electron chi connectivity index (χ4n) is 3.97. The molecule has 0 radical (unpaired) electrons. The number of aromatic amines is 1. The Bertz CT molecular complexity index is 1140. The highest BCUT2D eigenvalue weighted by molar-refractivity contribution is 6.33. The van der Waals surface area contributed by atoms with Crippen LogP contribution < -0.4 is 15.4 Å². The number of benzene rings is 2. The van der Waals surface area contributed by atoms with Crippen molar-refractivity contribution < 1.29 is 19.1 Å². The van der Waals surface area contributed by atoms with Gasteiger partial charge in [-0.05, 0) is 44.0 Å². The molecule has 1 aromatic heterocycles. The van der Waals surface area contributed by atoms with Gasteiger partial charge in [0.25, 0.3) is 5.91 Å². The van der Waals surface area contributed by atoms with Gasteiger partial charge in [-0.2, -0.15) is 0 Å². The van der Waals surface area contributed by atoms with Crippen molar-refractivity contribution in [1.29, 1.82) is 0 Å². The molecule has 0 saturated heterocycles. The number of carbonyl (C=O) groups is 3. The van der Waals surface area contributed by atoms with Gasteiger partial charge in [0.2, 0.25) is 5.91 Å². The zero-order valence-electron chi connectivity index (χ0n) is 19.6. The minimum atomic E-state index is -0.786. The number of hydrogen-bond acceptors (Lipinski definition) is 5. The lowest BCUT2D eigenvalue weighted by atomic mass is 9.88. The van der Waals surface area contributed by atoms with Crippen LogP contribution in [0.4, 0.5) is 5.69 Å². The quantitative estimate of drug-likeness (QED) is 0.367. The number of ether oxygens (including phenoxy) is 1. The number of para-hydroxylation sites is 2. The molecule has 0 bridgehead atoms. The highest BCUT2D eigenvalue weighted by Gasteiger charge is 2.26. The van der Waals surface area contributed by atoms with Crippen LogP contribution in [-0.2, 0) is 4.79 Å². The first-order valence-electron chi connectivity index (χ1n) is 11.6. The highest BCUT2D eigenvalue weighted by Crippen LogP contribution is 2.30. The standard InChI is InChI=1S/C15H20ClNO.C11H9N3O3/c1-2-17(14-11-7-6-10-13(14)16)15(18)12-8-4-3-5-9-12;12-10(15)8-9(14-6-13-8)11(16)17-7-4-2-1-3-5-7/h6-7,10-12H,2-5,8-9H2,1H3;1-6H,(H2,12,15)(H,13,14). The van der Waals surface area contributed by atoms with Crippen molar-refractivity contribution in [2.75, 3.05) is 11.4 Å². The Hall–Kier alpha value is -3.65. The van der Waals surface area contributed by atoms with Crippen molar-refractivity contribution in [2.24, 2.45) is 11.7 Å². The zero-order valence-corrected chi connectivity index (χ0v) is 20.3. The summed E-state index contributed by atoms with van der Waals surface area (Å²) in [4.78, 5) is 43.2. The first-order chi connectivity index (χ1) is 16.9. The first-order valence-corrected chi connectivity index (χ1v) is 12.0. The molecule has 2 amide bonds. The van der Waals surface area contributed by atoms with E-state index in [1.807, 2.05) is 36.1 Å². The molecule has 0 atom stereocenters. The number of imidazole rings is 1. The Morgan fingerprint density at radius 1 is 1.06 bits per heavy atom. The summed E-state index contributed by atoms with van der Waals surface area (Å²) in [7, 11) is 0. The van der Waals surface area contributed by atoms with Gasteiger partial charge < -0.3 is 20.4 Å². The summed E-state index contributed by atoms with van der Waals surface area (Å²) in [6.45, 7) is 2.68. The van der Waals surface area contributed by atoms with Crippen LogP contribution in [0.5, 0.6) is 5.75 Å². The lowest BCUT2D eigenvalue weighted by molar-refractivity contribution is -0.123. The number of anilines is 1. The molecule has 0 spiro atoms. The summed E-state index contributed by atoms with van der Waals surface area (Å²) in [6, 6.07) is 16.1. The Balaban J connectivity index is 0.000000196. The van der Waals surface area contributed by atoms with Gasteiger partial charge in [-0.25, -0.2) is 9.78 Å². The second-order valence-corrected chi connectivity index (χ2v) is 8.47. The summed E-state index contributed by atoms with van der Waals surface area (Å²) in [5, 5.41) is 0.656. The van der Waals surface area contributed by atoms with Crippen LogP contribution in [0.2, 0.25) is 5.02 Å². The van der Waals surface area contributed by atoms with Crippen molar-refractivity contribution in [3.05, 3.63) is 77.3 Å². The number of rotatable bonds is 6. The van der Waals surface area contributed by atoms with Gasteiger partial charge in [0.15, 0.2) is 11.4 Å². The van der Waals surface area contributed by atoms with Crippen molar-refractivity contribution in [3.63, 3.8) is 0 Å². The highest BCUT2D eigenvalue weighted by atomic mass is 35.5. The summed E-state index contributed by atoms with van der Waals surface area (Å²) in [5.41, 5.74) is 5.72. The maximum atomic E-state index is 12.5. The molecule has 184 valence electrons. The molecule has 1 aliphatic rings.